The predicted octanol–water partition coefficient (Wildman–Crippen LogP) is 5.96. The number of aromatic nitrogens is 1. The summed E-state index contributed by atoms with van der Waals surface area (Å²) in [6, 6.07) is 14.8. The maximum Gasteiger partial charge on any atom is 0.408 e. The minimum absolute atomic E-state index is 0.163. The van der Waals surface area contributed by atoms with Crippen LogP contribution in [0.1, 0.15) is 55.9 Å². The van der Waals surface area contributed by atoms with Crippen molar-refractivity contribution in [2.75, 3.05) is 6.61 Å². The van der Waals surface area contributed by atoms with E-state index >= 15 is 0 Å². The van der Waals surface area contributed by atoms with Gasteiger partial charge in [0.25, 0.3) is 0 Å². The molecular formula is C26H30N2O5S2. The predicted molar refractivity (Wildman–Crippen MR) is 137 cm³/mol. The second kappa shape index (κ2) is 12.1. The van der Waals surface area contributed by atoms with Gasteiger partial charge < -0.3 is 14.8 Å². The topological polar surface area (TPSA) is 94.6 Å². The molecule has 0 spiro atoms. The largest absolute Gasteiger partial charge is 0.462 e. The molecule has 0 bridgehead atoms. The average Bonchev–Trinajstić information content (AvgIpc) is 3.30. The Labute approximate surface area is 212 Å². The van der Waals surface area contributed by atoms with Crippen LogP contribution >= 0.6 is 11.3 Å². The Morgan fingerprint density at radius 3 is 2.51 bits per heavy atom. The summed E-state index contributed by atoms with van der Waals surface area (Å²) < 4.78 is 24.6. The van der Waals surface area contributed by atoms with E-state index in [2.05, 4.69) is 10.3 Å². The lowest BCUT2D eigenvalue weighted by molar-refractivity contribution is 0.0495. The number of amides is 1. The van der Waals surface area contributed by atoms with Gasteiger partial charge in [0.05, 0.1) is 35.7 Å². The van der Waals surface area contributed by atoms with E-state index in [1.54, 1.807) is 32.9 Å². The Hall–Kier alpha value is -3.04. The molecule has 1 amide bonds. The summed E-state index contributed by atoms with van der Waals surface area (Å²) in [5.74, 6) is -0.443. The molecule has 3 aromatic rings. The van der Waals surface area contributed by atoms with E-state index in [0.29, 0.717) is 26.3 Å². The van der Waals surface area contributed by atoms with Gasteiger partial charge >= 0.3 is 12.1 Å². The second-order valence-electron chi connectivity index (χ2n) is 8.80. The summed E-state index contributed by atoms with van der Waals surface area (Å²) in [5.41, 5.74) is 1.43. The first kappa shape index (κ1) is 26.6. The summed E-state index contributed by atoms with van der Waals surface area (Å²) in [6.45, 7) is 7.89. The number of unbranched alkanes of at least 4 members (excludes halogenated alkanes) is 1. The van der Waals surface area contributed by atoms with Gasteiger partial charge in [0, 0.05) is 4.90 Å². The molecule has 0 aliphatic heterocycles. The number of hydrogen-bond donors (Lipinski definition) is 1. The van der Waals surface area contributed by atoms with Gasteiger partial charge in [0.2, 0.25) is 0 Å². The summed E-state index contributed by atoms with van der Waals surface area (Å²) in [5, 5.41) is 3.25. The van der Waals surface area contributed by atoms with Crippen LogP contribution in [0.2, 0.25) is 0 Å². The maximum atomic E-state index is 13.4. The zero-order valence-corrected chi connectivity index (χ0v) is 22.0. The molecule has 1 unspecified atom stereocenters. The molecule has 9 heteroatoms. The monoisotopic (exact) mass is 514 g/mol. The van der Waals surface area contributed by atoms with Crippen molar-refractivity contribution >= 4 is 34.2 Å². The zero-order chi connectivity index (χ0) is 25.4. The third-order valence-electron chi connectivity index (χ3n) is 4.69. The molecule has 0 radical (unpaired) electrons. The number of alkyl carbamates (subject to hydrolysis) is 1. The highest BCUT2D eigenvalue weighted by Crippen LogP contribution is 2.29. The summed E-state index contributed by atoms with van der Waals surface area (Å²) >= 11 is 1.23. The summed E-state index contributed by atoms with van der Waals surface area (Å²) in [7, 11) is -1.57. The van der Waals surface area contributed by atoms with Gasteiger partial charge in [-0.15, -0.1) is 11.3 Å². The van der Waals surface area contributed by atoms with E-state index in [-0.39, 0.29) is 6.54 Å². The van der Waals surface area contributed by atoms with E-state index in [1.807, 2.05) is 43.3 Å². The minimum Gasteiger partial charge on any atom is -0.462 e. The van der Waals surface area contributed by atoms with E-state index in [1.165, 1.54) is 17.5 Å². The lowest BCUT2D eigenvalue weighted by Gasteiger charge is -2.19. The third-order valence-corrected chi connectivity index (χ3v) is 7.32. The molecule has 3 rings (SSSR count). The van der Waals surface area contributed by atoms with Crippen LogP contribution in [0.25, 0.3) is 11.1 Å². The Kier molecular flexibility index (Phi) is 9.17. The van der Waals surface area contributed by atoms with Crippen molar-refractivity contribution in [3.63, 3.8) is 0 Å². The number of nitrogens with one attached hydrogen (secondary N) is 1. The summed E-state index contributed by atoms with van der Waals surface area (Å²) in [4.78, 5) is 29.3. The molecule has 1 heterocycles. The summed E-state index contributed by atoms with van der Waals surface area (Å²) in [6.07, 6.45) is 2.69. The fourth-order valence-electron chi connectivity index (χ4n) is 3.05. The molecule has 0 saturated carbocycles. The van der Waals surface area contributed by atoms with Gasteiger partial charge in [-0.25, -0.2) is 18.8 Å². The van der Waals surface area contributed by atoms with E-state index in [4.69, 9.17) is 9.47 Å². The van der Waals surface area contributed by atoms with Gasteiger partial charge in [-0.05, 0) is 56.5 Å². The third kappa shape index (κ3) is 8.00. The SMILES string of the molecule is CCCCOC(=O)c1cc(-c2ccccc2)cc(S(=O)c2cnc(CNC(=O)OC(C)(C)C)s2)c1. The number of esters is 1. The molecule has 186 valence electrons. The fourth-order valence-corrected chi connectivity index (χ4v) is 5.37. The first-order valence-corrected chi connectivity index (χ1v) is 13.3. The lowest BCUT2D eigenvalue weighted by atomic mass is 10.0. The first-order valence-electron chi connectivity index (χ1n) is 11.4. The van der Waals surface area contributed by atoms with Gasteiger partial charge in [0.1, 0.15) is 14.8 Å². The van der Waals surface area contributed by atoms with Crippen LogP contribution in [0.15, 0.2) is 63.8 Å². The van der Waals surface area contributed by atoms with Crippen LogP contribution in [0.4, 0.5) is 4.79 Å². The normalized spacial score (nSPS) is 12.1. The Morgan fingerprint density at radius 1 is 1.09 bits per heavy atom. The van der Waals surface area contributed by atoms with Crippen LogP contribution < -0.4 is 5.32 Å². The van der Waals surface area contributed by atoms with E-state index in [9.17, 15) is 13.8 Å². The molecule has 0 aliphatic rings. The number of ether oxygens (including phenoxy) is 2. The van der Waals surface area contributed by atoms with Gasteiger partial charge in [-0.1, -0.05) is 43.7 Å². The highest BCUT2D eigenvalue weighted by Gasteiger charge is 2.19. The fraction of sp³-hybridized carbons (Fsp3) is 0.346. The van der Waals surface area contributed by atoms with Crippen LogP contribution in [-0.4, -0.2) is 33.5 Å². The van der Waals surface area contributed by atoms with Crippen molar-refractivity contribution in [1.82, 2.24) is 10.3 Å². The molecule has 1 N–H and O–H groups in total. The van der Waals surface area contributed by atoms with Crippen molar-refractivity contribution in [2.45, 2.75) is 61.8 Å². The molecule has 0 fully saturated rings. The quantitative estimate of drug-likeness (QED) is 0.280. The zero-order valence-electron chi connectivity index (χ0n) is 20.3. The van der Waals surface area contributed by atoms with Crippen LogP contribution in [0, 0.1) is 0 Å². The molecule has 7 nitrogen and oxygen atoms in total. The molecule has 0 aliphatic carbocycles. The number of carbonyl (C=O) groups excluding carboxylic acids is 2. The maximum absolute atomic E-state index is 13.4. The number of thiazole rings is 1. The number of rotatable bonds is 9. The Balaban J connectivity index is 1.82. The number of benzene rings is 2. The molecule has 1 aromatic heterocycles. The van der Waals surface area contributed by atoms with Crippen molar-refractivity contribution in [3.8, 4) is 11.1 Å². The van der Waals surface area contributed by atoms with E-state index in [0.717, 1.165) is 24.0 Å². The van der Waals surface area contributed by atoms with Crippen LogP contribution in [0.5, 0.6) is 0 Å². The molecule has 0 saturated heterocycles. The van der Waals surface area contributed by atoms with Crippen molar-refractivity contribution < 1.29 is 23.3 Å². The number of nitrogens with zero attached hydrogens (tertiary/aromatic N) is 1. The van der Waals surface area contributed by atoms with Gasteiger partial charge in [-0.3, -0.25) is 0 Å². The highest BCUT2D eigenvalue weighted by atomic mass is 32.2. The Bertz CT molecular complexity index is 1190. The standard InChI is InChI=1S/C26H30N2O5S2/c1-5-6-12-32-24(29)20-13-19(18-10-8-7-9-11-18)14-21(15-20)35(31)23-17-27-22(34-23)16-28-25(30)33-26(2,3)4/h7-11,13-15,17H,5-6,12,16H2,1-4H3,(H,28,30). The molecule has 2 aromatic carbocycles. The first-order chi connectivity index (χ1) is 16.7. The van der Waals surface area contributed by atoms with Gasteiger partial charge in [-0.2, -0.15) is 0 Å². The number of hydrogen-bond acceptors (Lipinski definition) is 7. The van der Waals surface area contributed by atoms with Crippen molar-refractivity contribution in [2.24, 2.45) is 0 Å². The smallest absolute Gasteiger partial charge is 0.408 e. The lowest BCUT2D eigenvalue weighted by Crippen LogP contribution is -2.32. The molecular weight excluding hydrogens is 484 g/mol. The van der Waals surface area contributed by atoms with Crippen molar-refractivity contribution in [1.29, 1.82) is 0 Å². The highest BCUT2D eigenvalue weighted by molar-refractivity contribution is 7.87. The average molecular weight is 515 g/mol. The second-order valence-corrected chi connectivity index (χ2v) is 11.6. The van der Waals surface area contributed by atoms with Crippen LogP contribution in [0.3, 0.4) is 0 Å². The van der Waals surface area contributed by atoms with Crippen LogP contribution in [-0.2, 0) is 26.8 Å². The number of carbonyl (C=O) groups is 2. The minimum atomic E-state index is -1.57. The van der Waals surface area contributed by atoms with Gasteiger partial charge in [0.15, 0.2) is 0 Å². The molecule has 35 heavy (non-hydrogen) atoms. The molecule has 1 atom stereocenters. The Morgan fingerprint density at radius 2 is 1.83 bits per heavy atom. The van der Waals surface area contributed by atoms with Crippen molar-refractivity contribution in [3.05, 3.63) is 65.3 Å². The van der Waals surface area contributed by atoms with E-state index < -0.39 is 28.5 Å².